The Morgan fingerprint density at radius 2 is 2.33 bits per heavy atom. The molecule has 1 aliphatic rings. The van der Waals surface area contributed by atoms with Crippen LogP contribution in [-0.2, 0) is 13.0 Å². The molecule has 0 amide bonds. The van der Waals surface area contributed by atoms with Crippen molar-refractivity contribution in [2.24, 2.45) is 5.73 Å². The van der Waals surface area contributed by atoms with Gasteiger partial charge >= 0.3 is 0 Å². The largest absolute Gasteiger partial charge is 0.345 e. The summed E-state index contributed by atoms with van der Waals surface area (Å²) in [5.41, 5.74) is 9.89. The minimum Gasteiger partial charge on any atom is -0.345 e. The zero-order valence-corrected chi connectivity index (χ0v) is 10.6. The molecule has 2 heterocycles. The fraction of sp³-hybridized carbons (Fsp3) is 0.429. The van der Waals surface area contributed by atoms with Crippen molar-refractivity contribution < 1.29 is 0 Å². The van der Waals surface area contributed by atoms with E-state index in [2.05, 4.69) is 26.8 Å². The summed E-state index contributed by atoms with van der Waals surface area (Å²) in [5, 5.41) is 0. The Morgan fingerprint density at radius 1 is 1.44 bits per heavy atom. The van der Waals surface area contributed by atoms with Crippen molar-refractivity contribution in [2.75, 3.05) is 0 Å². The Bertz CT molecular complexity index is 559. The molecular weight excluding hydrogens is 224 g/mol. The first-order valence-corrected chi connectivity index (χ1v) is 6.46. The van der Waals surface area contributed by atoms with Gasteiger partial charge in [-0.2, -0.15) is 0 Å². The maximum absolute atomic E-state index is 6.14. The van der Waals surface area contributed by atoms with Crippen LogP contribution in [0.1, 0.15) is 41.7 Å². The molecule has 0 saturated heterocycles. The van der Waals surface area contributed by atoms with Gasteiger partial charge in [0.05, 0.1) is 12.2 Å². The average Bonchev–Trinajstić information content (AvgIpc) is 2.74. The lowest BCUT2D eigenvalue weighted by molar-refractivity contribution is 0.546. The van der Waals surface area contributed by atoms with E-state index < -0.39 is 0 Å². The van der Waals surface area contributed by atoms with Crippen LogP contribution < -0.4 is 5.73 Å². The molecule has 0 fully saturated rings. The fourth-order valence-corrected chi connectivity index (χ4v) is 2.71. The monoisotopic (exact) mass is 242 g/mol. The molecule has 0 aromatic carbocycles. The van der Waals surface area contributed by atoms with Crippen molar-refractivity contribution >= 4 is 0 Å². The van der Waals surface area contributed by atoms with Crippen LogP contribution in [0.4, 0.5) is 0 Å². The van der Waals surface area contributed by atoms with Gasteiger partial charge in [-0.25, -0.2) is 9.97 Å². The molecule has 4 nitrogen and oxygen atoms in total. The van der Waals surface area contributed by atoms with Crippen LogP contribution in [0.25, 0.3) is 0 Å². The molecule has 0 saturated carbocycles. The Labute approximate surface area is 107 Å². The predicted molar refractivity (Wildman–Crippen MR) is 70.2 cm³/mol. The smallest absolute Gasteiger partial charge is 0.125 e. The molecule has 2 N–H and O–H groups in total. The molecule has 0 radical (unpaired) electrons. The lowest BCUT2D eigenvalue weighted by atomic mass is 9.94. The van der Waals surface area contributed by atoms with E-state index in [1.54, 1.807) is 0 Å². The predicted octanol–water partition coefficient (Wildman–Crippen LogP) is 1.97. The highest BCUT2D eigenvalue weighted by Crippen LogP contribution is 2.28. The molecule has 18 heavy (non-hydrogen) atoms. The summed E-state index contributed by atoms with van der Waals surface area (Å²) in [7, 11) is 0. The van der Waals surface area contributed by atoms with E-state index in [-0.39, 0.29) is 6.04 Å². The third kappa shape index (κ3) is 2.04. The van der Waals surface area contributed by atoms with Crippen molar-refractivity contribution in [3.05, 3.63) is 47.3 Å². The quantitative estimate of drug-likeness (QED) is 0.876. The Kier molecular flexibility index (Phi) is 2.88. The number of nitrogens with two attached hydrogens (primary N) is 1. The van der Waals surface area contributed by atoms with Gasteiger partial charge in [-0.15, -0.1) is 0 Å². The Morgan fingerprint density at radius 3 is 3.17 bits per heavy atom. The van der Waals surface area contributed by atoms with Crippen LogP contribution >= 0.6 is 0 Å². The summed E-state index contributed by atoms with van der Waals surface area (Å²) in [6, 6.07) is 4.34. The number of aryl methyl sites for hydroxylation is 1. The molecule has 1 unspecified atom stereocenters. The van der Waals surface area contributed by atoms with Crippen LogP contribution in [0.3, 0.4) is 0 Å². The normalized spacial score (nSPS) is 18.7. The first-order valence-electron chi connectivity index (χ1n) is 6.46. The molecule has 1 aliphatic carbocycles. The minimum atomic E-state index is 0.210. The third-order valence-electron chi connectivity index (χ3n) is 3.61. The number of hydrogen-bond donors (Lipinski definition) is 1. The van der Waals surface area contributed by atoms with E-state index in [9.17, 15) is 0 Å². The van der Waals surface area contributed by atoms with E-state index in [1.807, 2.05) is 19.2 Å². The first-order chi connectivity index (χ1) is 8.74. The summed E-state index contributed by atoms with van der Waals surface area (Å²) >= 11 is 0. The number of rotatable bonds is 2. The molecule has 2 aromatic rings. The SMILES string of the molecule is Cc1nccc(Cn2ccc3c2CCCC3N)n1. The van der Waals surface area contributed by atoms with Crippen molar-refractivity contribution in [2.45, 2.75) is 38.8 Å². The molecule has 4 heteroatoms. The van der Waals surface area contributed by atoms with E-state index in [0.29, 0.717) is 0 Å². The number of aromatic nitrogens is 3. The van der Waals surface area contributed by atoms with Crippen LogP contribution in [0.5, 0.6) is 0 Å². The number of nitrogens with zero attached hydrogens (tertiary/aromatic N) is 3. The van der Waals surface area contributed by atoms with Gasteiger partial charge in [0.15, 0.2) is 0 Å². The first kappa shape index (κ1) is 11.4. The average molecular weight is 242 g/mol. The van der Waals surface area contributed by atoms with Gasteiger partial charge in [-0.1, -0.05) is 0 Å². The van der Waals surface area contributed by atoms with E-state index in [4.69, 9.17) is 5.73 Å². The van der Waals surface area contributed by atoms with Gasteiger partial charge in [0.1, 0.15) is 5.82 Å². The van der Waals surface area contributed by atoms with Gasteiger partial charge in [0.2, 0.25) is 0 Å². The van der Waals surface area contributed by atoms with Crippen molar-refractivity contribution in [1.29, 1.82) is 0 Å². The van der Waals surface area contributed by atoms with Crippen molar-refractivity contribution in [3.63, 3.8) is 0 Å². The Hall–Kier alpha value is -1.68. The van der Waals surface area contributed by atoms with Crippen molar-refractivity contribution in [3.8, 4) is 0 Å². The Balaban J connectivity index is 1.90. The van der Waals surface area contributed by atoms with Gasteiger partial charge in [-0.05, 0) is 43.9 Å². The van der Waals surface area contributed by atoms with Crippen LogP contribution in [0.15, 0.2) is 24.5 Å². The van der Waals surface area contributed by atoms with E-state index >= 15 is 0 Å². The molecule has 1 atom stereocenters. The van der Waals surface area contributed by atoms with Crippen LogP contribution in [0, 0.1) is 6.92 Å². The topological polar surface area (TPSA) is 56.7 Å². The second-order valence-electron chi connectivity index (χ2n) is 4.94. The molecule has 0 aliphatic heterocycles. The maximum atomic E-state index is 6.14. The highest BCUT2D eigenvalue weighted by atomic mass is 15.0. The van der Waals surface area contributed by atoms with Gasteiger partial charge in [0, 0.05) is 24.1 Å². The molecule has 3 rings (SSSR count). The van der Waals surface area contributed by atoms with Gasteiger partial charge < -0.3 is 10.3 Å². The molecule has 2 aromatic heterocycles. The molecule has 94 valence electrons. The molecular formula is C14H18N4. The highest BCUT2D eigenvalue weighted by molar-refractivity contribution is 5.29. The summed E-state index contributed by atoms with van der Waals surface area (Å²) < 4.78 is 2.27. The fourth-order valence-electron chi connectivity index (χ4n) is 2.71. The molecule has 0 spiro atoms. The summed E-state index contributed by atoms with van der Waals surface area (Å²) in [6.07, 6.45) is 7.36. The summed E-state index contributed by atoms with van der Waals surface area (Å²) in [4.78, 5) is 8.58. The van der Waals surface area contributed by atoms with Crippen LogP contribution in [-0.4, -0.2) is 14.5 Å². The lowest BCUT2D eigenvalue weighted by Gasteiger charge is -2.20. The van der Waals surface area contributed by atoms with Gasteiger partial charge in [-0.3, -0.25) is 0 Å². The standard InChI is InChI=1S/C14H18N4/c1-10-16-7-5-11(17-10)9-18-8-6-12-13(15)3-2-4-14(12)18/h5-8,13H,2-4,9,15H2,1H3. The third-order valence-corrected chi connectivity index (χ3v) is 3.61. The lowest BCUT2D eigenvalue weighted by Crippen LogP contribution is -2.18. The van der Waals surface area contributed by atoms with E-state index in [0.717, 1.165) is 30.9 Å². The molecule has 0 bridgehead atoms. The number of hydrogen-bond acceptors (Lipinski definition) is 3. The second-order valence-corrected chi connectivity index (χ2v) is 4.94. The van der Waals surface area contributed by atoms with Crippen molar-refractivity contribution in [1.82, 2.24) is 14.5 Å². The number of fused-ring (bicyclic) bond motifs is 1. The van der Waals surface area contributed by atoms with Gasteiger partial charge in [0.25, 0.3) is 0 Å². The summed E-state index contributed by atoms with van der Waals surface area (Å²) in [6.45, 7) is 2.73. The highest BCUT2D eigenvalue weighted by Gasteiger charge is 2.20. The minimum absolute atomic E-state index is 0.210. The maximum Gasteiger partial charge on any atom is 0.125 e. The summed E-state index contributed by atoms with van der Waals surface area (Å²) in [5.74, 6) is 0.824. The zero-order valence-electron chi connectivity index (χ0n) is 10.6. The zero-order chi connectivity index (χ0) is 12.5. The second kappa shape index (κ2) is 4.53. The van der Waals surface area contributed by atoms with Crippen LogP contribution in [0.2, 0.25) is 0 Å². The van der Waals surface area contributed by atoms with E-state index in [1.165, 1.54) is 17.7 Å².